The monoisotopic (exact) mass is 291 g/mol. The summed E-state index contributed by atoms with van der Waals surface area (Å²) in [5, 5.41) is 0. The highest BCUT2D eigenvalue weighted by Gasteiger charge is 2.10. The molecule has 0 aliphatic heterocycles. The lowest BCUT2D eigenvalue weighted by Gasteiger charge is -2.08. The first-order valence-electron chi connectivity index (χ1n) is 6.44. The van der Waals surface area contributed by atoms with E-state index < -0.39 is 10.8 Å². The number of halogens is 1. The van der Waals surface area contributed by atoms with Gasteiger partial charge < -0.3 is 5.73 Å². The first-order valence-corrected chi connectivity index (χ1v) is 7.76. The molecule has 2 aromatic carbocycles. The molecule has 0 amide bonds. The molecule has 20 heavy (non-hydrogen) atoms. The van der Waals surface area contributed by atoms with E-state index in [0.29, 0.717) is 11.3 Å². The van der Waals surface area contributed by atoms with Crippen molar-refractivity contribution >= 4 is 10.8 Å². The van der Waals surface area contributed by atoms with E-state index in [4.69, 9.17) is 5.73 Å². The molecule has 2 nitrogen and oxygen atoms in total. The lowest BCUT2D eigenvalue weighted by molar-refractivity contribution is 0.610. The van der Waals surface area contributed by atoms with Gasteiger partial charge in [0, 0.05) is 17.0 Å². The fourth-order valence-electron chi connectivity index (χ4n) is 2.16. The summed E-state index contributed by atoms with van der Waals surface area (Å²) in [6, 6.07) is 10.6. The Bertz CT molecular complexity index is 655. The first-order chi connectivity index (χ1) is 9.51. The Hall–Kier alpha value is -1.52. The molecule has 0 bridgehead atoms. The van der Waals surface area contributed by atoms with Gasteiger partial charge in [0.05, 0.1) is 16.6 Å². The summed E-state index contributed by atoms with van der Waals surface area (Å²) in [5.74, 6) is 0.0607. The van der Waals surface area contributed by atoms with Crippen molar-refractivity contribution in [3.05, 3.63) is 64.5 Å². The van der Waals surface area contributed by atoms with Crippen LogP contribution in [0.5, 0.6) is 0 Å². The van der Waals surface area contributed by atoms with E-state index in [0.717, 1.165) is 21.6 Å². The van der Waals surface area contributed by atoms with E-state index in [1.807, 2.05) is 32.0 Å². The Morgan fingerprint density at radius 2 is 1.90 bits per heavy atom. The van der Waals surface area contributed by atoms with E-state index in [9.17, 15) is 8.60 Å². The van der Waals surface area contributed by atoms with Gasteiger partial charge in [-0.15, -0.1) is 0 Å². The molecule has 1 atom stereocenters. The Morgan fingerprint density at radius 3 is 2.55 bits per heavy atom. The highest BCUT2D eigenvalue weighted by Crippen LogP contribution is 2.19. The van der Waals surface area contributed by atoms with Gasteiger partial charge in [0.15, 0.2) is 0 Å². The number of nitrogens with two attached hydrogens (primary N) is 1. The smallest absolute Gasteiger partial charge is 0.127 e. The van der Waals surface area contributed by atoms with Crippen molar-refractivity contribution in [1.29, 1.82) is 0 Å². The highest BCUT2D eigenvalue weighted by molar-refractivity contribution is 7.84. The van der Waals surface area contributed by atoms with Crippen molar-refractivity contribution in [1.82, 2.24) is 0 Å². The topological polar surface area (TPSA) is 43.1 Å². The maximum absolute atomic E-state index is 13.4. The number of rotatable bonds is 4. The van der Waals surface area contributed by atoms with E-state index in [1.54, 1.807) is 12.1 Å². The Balaban J connectivity index is 2.23. The van der Waals surface area contributed by atoms with Crippen LogP contribution in [-0.2, 0) is 23.1 Å². The molecule has 2 rings (SSSR count). The molecule has 0 aromatic heterocycles. The number of benzene rings is 2. The molecule has 0 aliphatic carbocycles. The van der Waals surface area contributed by atoms with Crippen molar-refractivity contribution in [3.63, 3.8) is 0 Å². The number of hydrogen-bond acceptors (Lipinski definition) is 2. The molecule has 2 aromatic rings. The molecule has 4 heteroatoms. The van der Waals surface area contributed by atoms with Crippen LogP contribution in [0.3, 0.4) is 0 Å². The van der Waals surface area contributed by atoms with Gasteiger partial charge in [-0.2, -0.15) is 0 Å². The molecule has 1 unspecified atom stereocenters. The second kappa shape index (κ2) is 6.29. The maximum atomic E-state index is 13.4. The van der Waals surface area contributed by atoms with Gasteiger partial charge in [-0.05, 0) is 37.1 Å². The van der Waals surface area contributed by atoms with Crippen molar-refractivity contribution in [2.24, 2.45) is 5.73 Å². The number of hydrogen-bond donors (Lipinski definition) is 1. The molecule has 0 saturated heterocycles. The average Bonchev–Trinajstić information content (AvgIpc) is 2.40. The Kier molecular flexibility index (Phi) is 4.68. The highest BCUT2D eigenvalue weighted by atomic mass is 32.2. The maximum Gasteiger partial charge on any atom is 0.127 e. The van der Waals surface area contributed by atoms with E-state index in [2.05, 4.69) is 0 Å². The van der Waals surface area contributed by atoms with Gasteiger partial charge in [0.25, 0.3) is 0 Å². The van der Waals surface area contributed by atoms with Crippen LogP contribution >= 0.6 is 0 Å². The van der Waals surface area contributed by atoms with E-state index in [1.165, 1.54) is 6.07 Å². The van der Waals surface area contributed by atoms with Gasteiger partial charge in [-0.3, -0.25) is 4.21 Å². The van der Waals surface area contributed by atoms with Gasteiger partial charge in [-0.25, -0.2) is 4.39 Å². The van der Waals surface area contributed by atoms with Crippen molar-refractivity contribution in [3.8, 4) is 0 Å². The third kappa shape index (κ3) is 3.32. The summed E-state index contributed by atoms with van der Waals surface area (Å²) in [7, 11) is -1.13. The molecular weight excluding hydrogens is 273 g/mol. The van der Waals surface area contributed by atoms with Crippen molar-refractivity contribution in [2.75, 3.05) is 0 Å². The zero-order valence-electron chi connectivity index (χ0n) is 11.7. The average molecular weight is 291 g/mol. The summed E-state index contributed by atoms with van der Waals surface area (Å²) in [5.41, 5.74) is 8.95. The largest absolute Gasteiger partial charge is 0.326 e. The minimum absolute atomic E-state index is 0.149. The summed E-state index contributed by atoms with van der Waals surface area (Å²) in [4.78, 5) is 0.828. The van der Waals surface area contributed by atoms with Crippen LogP contribution in [0.25, 0.3) is 0 Å². The molecular formula is C16H18FNOS. The second-order valence-corrected chi connectivity index (χ2v) is 6.31. The molecule has 106 valence electrons. The Morgan fingerprint density at radius 1 is 1.15 bits per heavy atom. The predicted octanol–water partition coefficient (Wildman–Crippen LogP) is 3.21. The van der Waals surface area contributed by atoms with Crippen LogP contribution in [0, 0.1) is 19.7 Å². The minimum Gasteiger partial charge on any atom is -0.326 e. The second-order valence-electron chi connectivity index (χ2n) is 4.89. The number of aryl methyl sites for hydroxylation is 2. The van der Waals surface area contributed by atoms with Crippen molar-refractivity contribution < 1.29 is 8.60 Å². The van der Waals surface area contributed by atoms with Gasteiger partial charge in [-0.1, -0.05) is 29.8 Å². The summed E-state index contributed by atoms with van der Waals surface area (Å²) < 4.78 is 25.8. The predicted molar refractivity (Wildman–Crippen MR) is 80.3 cm³/mol. The minimum atomic E-state index is -1.13. The lowest BCUT2D eigenvalue weighted by Crippen LogP contribution is -2.03. The summed E-state index contributed by atoms with van der Waals surface area (Å²) >= 11 is 0. The molecule has 0 fully saturated rings. The standard InChI is InChI=1S/C16H18FNOS/c1-11-3-6-16(12(2)7-11)20(19)10-13-4-5-15(17)14(8-13)9-18/h3-8H,9-10,18H2,1-2H3. The van der Waals surface area contributed by atoms with Crippen LogP contribution < -0.4 is 5.73 Å². The molecule has 2 N–H and O–H groups in total. The zero-order chi connectivity index (χ0) is 14.7. The van der Waals surface area contributed by atoms with Gasteiger partial charge in [0.2, 0.25) is 0 Å². The SMILES string of the molecule is Cc1ccc(S(=O)Cc2ccc(F)c(CN)c2)c(C)c1. The van der Waals surface area contributed by atoms with E-state index >= 15 is 0 Å². The fourth-order valence-corrected chi connectivity index (χ4v) is 3.43. The Labute approximate surface area is 121 Å². The molecule has 0 saturated carbocycles. The molecule has 0 aliphatic rings. The fraction of sp³-hybridized carbons (Fsp3) is 0.250. The summed E-state index contributed by atoms with van der Waals surface area (Å²) in [6.07, 6.45) is 0. The van der Waals surface area contributed by atoms with Crippen LogP contribution in [0.2, 0.25) is 0 Å². The molecule has 0 heterocycles. The van der Waals surface area contributed by atoms with Gasteiger partial charge >= 0.3 is 0 Å². The molecule has 0 spiro atoms. The van der Waals surface area contributed by atoms with Crippen LogP contribution in [0.1, 0.15) is 22.3 Å². The molecule has 0 radical (unpaired) electrons. The summed E-state index contributed by atoms with van der Waals surface area (Å²) in [6.45, 7) is 4.11. The van der Waals surface area contributed by atoms with Crippen LogP contribution in [0.4, 0.5) is 4.39 Å². The van der Waals surface area contributed by atoms with Crippen LogP contribution in [0.15, 0.2) is 41.3 Å². The van der Waals surface area contributed by atoms with E-state index in [-0.39, 0.29) is 12.4 Å². The van der Waals surface area contributed by atoms with Crippen LogP contribution in [-0.4, -0.2) is 4.21 Å². The van der Waals surface area contributed by atoms with Crippen molar-refractivity contribution in [2.45, 2.75) is 31.0 Å². The third-order valence-corrected chi connectivity index (χ3v) is 4.75. The first kappa shape index (κ1) is 14.9. The lowest BCUT2D eigenvalue weighted by atomic mass is 10.1. The quantitative estimate of drug-likeness (QED) is 0.940. The van der Waals surface area contributed by atoms with Gasteiger partial charge in [0.1, 0.15) is 5.82 Å². The zero-order valence-corrected chi connectivity index (χ0v) is 12.5. The third-order valence-electron chi connectivity index (χ3n) is 3.20. The normalized spacial score (nSPS) is 12.4.